The molecular formula is C18H19NO3. The lowest BCUT2D eigenvalue weighted by Crippen LogP contribution is -2.10. The van der Waals surface area contributed by atoms with Crippen molar-refractivity contribution in [2.75, 3.05) is 20.3 Å². The second-order valence-electron chi connectivity index (χ2n) is 4.90. The van der Waals surface area contributed by atoms with E-state index in [1.807, 2.05) is 32.0 Å². The van der Waals surface area contributed by atoms with Crippen molar-refractivity contribution in [1.29, 1.82) is 5.26 Å². The van der Waals surface area contributed by atoms with Crippen molar-refractivity contribution in [1.82, 2.24) is 0 Å². The van der Waals surface area contributed by atoms with E-state index in [2.05, 4.69) is 6.07 Å². The van der Waals surface area contributed by atoms with Crippen LogP contribution in [-0.2, 0) is 0 Å². The molecule has 0 unspecified atom stereocenters. The van der Waals surface area contributed by atoms with E-state index in [1.165, 1.54) is 0 Å². The summed E-state index contributed by atoms with van der Waals surface area (Å²) in [5.41, 5.74) is 2.75. The average Bonchev–Trinajstić information content (AvgIpc) is 2.53. The third-order valence-electron chi connectivity index (χ3n) is 3.29. The van der Waals surface area contributed by atoms with Crippen molar-refractivity contribution < 1.29 is 14.2 Å². The summed E-state index contributed by atoms with van der Waals surface area (Å²) in [4.78, 5) is 0. The minimum Gasteiger partial charge on any atom is -0.493 e. The highest BCUT2D eigenvalue weighted by Crippen LogP contribution is 2.28. The van der Waals surface area contributed by atoms with Crippen molar-refractivity contribution in [3.63, 3.8) is 0 Å². The lowest BCUT2D eigenvalue weighted by molar-refractivity contribution is 0.210. The van der Waals surface area contributed by atoms with Crippen LogP contribution in [-0.4, -0.2) is 20.3 Å². The van der Waals surface area contributed by atoms with E-state index < -0.39 is 0 Å². The number of hydrogen-bond acceptors (Lipinski definition) is 4. The van der Waals surface area contributed by atoms with Gasteiger partial charge in [0, 0.05) is 6.07 Å². The molecule has 2 rings (SSSR count). The fraction of sp³-hybridized carbons (Fsp3) is 0.278. The number of methoxy groups -OCH3 is 1. The Morgan fingerprint density at radius 1 is 0.955 bits per heavy atom. The van der Waals surface area contributed by atoms with Gasteiger partial charge in [0.05, 0.1) is 18.7 Å². The molecule has 114 valence electrons. The van der Waals surface area contributed by atoms with E-state index in [9.17, 15) is 0 Å². The maximum Gasteiger partial charge on any atom is 0.162 e. The van der Waals surface area contributed by atoms with Gasteiger partial charge in [-0.05, 0) is 37.1 Å². The SMILES string of the molecule is COc1cc(C#N)ccc1OCCOc1c(C)cccc1C. The summed E-state index contributed by atoms with van der Waals surface area (Å²) in [7, 11) is 1.55. The van der Waals surface area contributed by atoms with E-state index in [4.69, 9.17) is 19.5 Å². The van der Waals surface area contributed by atoms with Crippen LogP contribution in [0.15, 0.2) is 36.4 Å². The van der Waals surface area contributed by atoms with E-state index in [0.29, 0.717) is 30.3 Å². The third-order valence-corrected chi connectivity index (χ3v) is 3.29. The number of nitrogens with zero attached hydrogens (tertiary/aromatic N) is 1. The van der Waals surface area contributed by atoms with Gasteiger partial charge in [-0.25, -0.2) is 0 Å². The van der Waals surface area contributed by atoms with Crippen molar-refractivity contribution >= 4 is 0 Å². The highest BCUT2D eigenvalue weighted by Gasteiger charge is 2.07. The molecule has 0 amide bonds. The number of aryl methyl sites for hydroxylation is 2. The summed E-state index contributed by atoms with van der Waals surface area (Å²) in [6.07, 6.45) is 0. The molecule has 0 heterocycles. The number of hydrogen-bond donors (Lipinski definition) is 0. The van der Waals surface area contributed by atoms with Crippen LogP contribution in [0.25, 0.3) is 0 Å². The van der Waals surface area contributed by atoms with Crippen LogP contribution >= 0.6 is 0 Å². The standard InChI is InChI=1S/C18H19NO3/c1-13-5-4-6-14(2)18(13)22-10-9-21-16-8-7-15(12-19)11-17(16)20-3/h4-8,11H,9-10H2,1-3H3. The molecule has 2 aromatic carbocycles. The van der Waals surface area contributed by atoms with Crippen LogP contribution < -0.4 is 14.2 Å². The van der Waals surface area contributed by atoms with E-state index in [0.717, 1.165) is 16.9 Å². The molecular weight excluding hydrogens is 278 g/mol. The van der Waals surface area contributed by atoms with Gasteiger partial charge in [0.2, 0.25) is 0 Å². The second-order valence-corrected chi connectivity index (χ2v) is 4.90. The van der Waals surface area contributed by atoms with Gasteiger partial charge < -0.3 is 14.2 Å². The predicted octanol–water partition coefficient (Wildman–Crippen LogP) is 3.64. The summed E-state index contributed by atoms with van der Waals surface area (Å²) in [6, 6.07) is 13.2. The molecule has 0 atom stereocenters. The summed E-state index contributed by atoms with van der Waals surface area (Å²) in [5.74, 6) is 2.05. The molecule has 0 radical (unpaired) electrons. The molecule has 0 saturated carbocycles. The minimum atomic E-state index is 0.399. The van der Waals surface area contributed by atoms with Crippen LogP contribution in [0.4, 0.5) is 0 Å². The normalized spacial score (nSPS) is 9.91. The van der Waals surface area contributed by atoms with Crippen molar-refractivity contribution in [3.05, 3.63) is 53.1 Å². The van der Waals surface area contributed by atoms with E-state index in [-0.39, 0.29) is 0 Å². The molecule has 0 fully saturated rings. The van der Waals surface area contributed by atoms with Crippen molar-refractivity contribution in [2.24, 2.45) is 0 Å². The van der Waals surface area contributed by atoms with E-state index in [1.54, 1.807) is 25.3 Å². The Hall–Kier alpha value is -2.67. The first-order valence-electron chi connectivity index (χ1n) is 7.05. The van der Waals surface area contributed by atoms with Gasteiger partial charge in [-0.3, -0.25) is 0 Å². The molecule has 0 aliphatic heterocycles. The third kappa shape index (κ3) is 3.70. The van der Waals surface area contributed by atoms with Gasteiger partial charge in [0.15, 0.2) is 11.5 Å². The molecule has 0 spiro atoms. The first kappa shape index (κ1) is 15.7. The number of nitriles is 1. The molecule has 0 saturated heterocycles. The zero-order chi connectivity index (χ0) is 15.9. The fourth-order valence-corrected chi connectivity index (χ4v) is 2.18. The number of ether oxygens (including phenoxy) is 3. The van der Waals surface area contributed by atoms with Gasteiger partial charge in [0.1, 0.15) is 19.0 Å². The van der Waals surface area contributed by atoms with Gasteiger partial charge in [-0.1, -0.05) is 18.2 Å². The maximum atomic E-state index is 8.87. The fourth-order valence-electron chi connectivity index (χ4n) is 2.18. The molecule has 0 bridgehead atoms. The van der Waals surface area contributed by atoms with Crippen LogP contribution in [0.1, 0.15) is 16.7 Å². The van der Waals surface area contributed by atoms with Crippen LogP contribution in [0.5, 0.6) is 17.2 Å². The molecule has 22 heavy (non-hydrogen) atoms. The van der Waals surface area contributed by atoms with Crippen LogP contribution in [0.2, 0.25) is 0 Å². The van der Waals surface area contributed by atoms with Crippen molar-refractivity contribution in [2.45, 2.75) is 13.8 Å². The summed E-state index contributed by atoms with van der Waals surface area (Å²) >= 11 is 0. The Morgan fingerprint density at radius 3 is 2.27 bits per heavy atom. The number of rotatable bonds is 6. The highest BCUT2D eigenvalue weighted by atomic mass is 16.5. The van der Waals surface area contributed by atoms with Crippen LogP contribution in [0.3, 0.4) is 0 Å². The van der Waals surface area contributed by atoms with Gasteiger partial charge in [0.25, 0.3) is 0 Å². The summed E-state index contributed by atoms with van der Waals surface area (Å²) in [6.45, 7) is 4.88. The maximum absolute atomic E-state index is 8.87. The van der Waals surface area contributed by atoms with Crippen molar-refractivity contribution in [3.8, 4) is 23.3 Å². The summed E-state index contributed by atoms with van der Waals surface area (Å²) in [5, 5.41) is 8.87. The molecule has 0 N–H and O–H groups in total. The zero-order valence-corrected chi connectivity index (χ0v) is 13.1. The number of benzene rings is 2. The largest absolute Gasteiger partial charge is 0.493 e. The smallest absolute Gasteiger partial charge is 0.162 e. The van der Waals surface area contributed by atoms with Crippen LogP contribution in [0, 0.1) is 25.2 Å². The Balaban J connectivity index is 1.93. The van der Waals surface area contributed by atoms with Gasteiger partial charge in [-0.15, -0.1) is 0 Å². The predicted molar refractivity (Wildman–Crippen MR) is 84.6 cm³/mol. The monoisotopic (exact) mass is 297 g/mol. The first-order chi connectivity index (χ1) is 10.7. The molecule has 4 nitrogen and oxygen atoms in total. The summed E-state index contributed by atoms with van der Waals surface area (Å²) < 4.78 is 16.7. The van der Waals surface area contributed by atoms with E-state index >= 15 is 0 Å². The molecule has 4 heteroatoms. The minimum absolute atomic E-state index is 0.399. The Labute approximate surface area is 130 Å². The molecule has 0 aliphatic carbocycles. The lowest BCUT2D eigenvalue weighted by Gasteiger charge is -2.14. The zero-order valence-electron chi connectivity index (χ0n) is 13.1. The first-order valence-corrected chi connectivity index (χ1v) is 7.05. The highest BCUT2D eigenvalue weighted by molar-refractivity contribution is 5.46. The number of para-hydroxylation sites is 1. The Morgan fingerprint density at radius 2 is 1.64 bits per heavy atom. The average molecular weight is 297 g/mol. The lowest BCUT2D eigenvalue weighted by atomic mass is 10.1. The molecule has 0 aromatic heterocycles. The molecule has 2 aromatic rings. The Kier molecular flexibility index (Phi) is 5.26. The topological polar surface area (TPSA) is 51.5 Å². The quantitative estimate of drug-likeness (QED) is 0.764. The Bertz CT molecular complexity index is 669. The van der Waals surface area contributed by atoms with Gasteiger partial charge >= 0.3 is 0 Å². The second kappa shape index (κ2) is 7.37. The van der Waals surface area contributed by atoms with Gasteiger partial charge in [-0.2, -0.15) is 5.26 Å². The molecule has 0 aliphatic rings.